The summed E-state index contributed by atoms with van der Waals surface area (Å²) >= 11 is 0. The molecule has 1 aliphatic carbocycles. The van der Waals surface area contributed by atoms with E-state index < -0.39 is 0 Å². The molecule has 0 amide bonds. The molecular formula is C18H19NO. The van der Waals surface area contributed by atoms with Crippen molar-refractivity contribution in [1.82, 2.24) is 0 Å². The maximum atomic E-state index is 5.82. The molecule has 0 spiro atoms. The van der Waals surface area contributed by atoms with Crippen molar-refractivity contribution in [3.05, 3.63) is 59.7 Å². The van der Waals surface area contributed by atoms with Gasteiger partial charge in [-0.05, 0) is 48.6 Å². The maximum absolute atomic E-state index is 5.82. The highest BCUT2D eigenvalue weighted by atomic mass is 16.5. The number of anilines is 1. The summed E-state index contributed by atoms with van der Waals surface area (Å²) in [7, 11) is 0. The van der Waals surface area contributed by atoms with Crippen LogP contribution in [0.1, 0.15) is 36.3 Å². The van der Waals surface area contributed by atoms with Gasteiger partial charge in [-0.1, -0.05) is 30.3 Å². The second-order valence-electron chi connectivity index (χ2n) is 5.74. The highest BCUT2D eigenvalue weighted by molar-refractivity contribution is 5.57. The number of fused-ring (bicyclic) bond motifs is 1. The number of nitrogens with one attached hydrogen (secondary N) is 1. The SMILES string of the molecule is c1ccc2c(c1)NCCC2c1ccc(OC2CC2)cc1. The number of para-hydroxylation sites is 1. The molecule has 102 valence electrons. The molecule has 4 rings (SSSR count). The first kappa shape index (κ1) is 11.8. The van der Waals surface area contributed by atoms with Crippen molar-refractivity contribution in [2.75, 3.05) is 11.9 Å². The Hall–Kier alpha value is -1.96. The van der Waals surface area contributed by atoms with Crippen molar-refractivity contribution in [2.45, 2.75) is 31.3 Å². The second kappa shape index (κ2) is 4.86. The van der Waals surface area contributed by atoms with Crippen LogP contribution in [0.5, 0.6) is 5.75 Å². The molecule has 2 aromatic rings. The van der Waals surface area contributed by atoms with Gasteiger partial charge in [0.2, 0.25) is 0 Å². The van der Waals surface area contributed by atoms with E-state index >= 15 is 0 Å². The van der Waals surface area contributed by atoms with Crippen molar-refractivity contribution in [3.8, 4) is 5.75 Å². The Balaban J connectivity index is 1.61. The molecule has 0 bridgehead atoms. The van der Waals surface area contributed by atoms with Crippen LogP contribution in [0.4, 0.5) is 5.69 Å². The normalized spacial score (nSPS) is 20.9. The zero-order chi connectivity index (χ0) is 13.4. The number of hydrogen-bond donors (Lipinski definition) is 1. The molecule has 1 aliphatic heterocycles. The molecule has 0 aromatic heterocycles. The van der Waals surface area contributed by atoms with Gasteiger partial charge in [-0.25, -0.2) is 0 Å². The van der Waals surface area contributed by atoms with Gasteiger partial charge in [-0.2, -0.15) is 0 Å². The van der Waals surface area contributed by atoms with E-state index in [2.05, 4.69) is 53.8 Å². The van der Waals surface area contributed by atoms with E-state index in [1.54, 1.807) is 0 Å². The summed E-state index contributed by atoms with van der Waals surface area (Å²) < 4.78 is 5.82. The first-order chi connectivity index (χ1) is 9.90. The second-order valence-corrected chi connectivity index (χ2v) is 5.74. The number of benzene rings is 2. The molecule has 2 nitrogen and oxygen atoms in total. The maximum Gasteiger partial charge on any atom is 0.119 e. The molecule has 1 heterocycles. The molecule has 2 heteroatoms. The lowest BCUT2D eigenvalue weighted by Crippen LogP contribution is -2.17. The van der Waals surface area contributed by atoms with E-state index in [1.165, 1.54) is 29.7 Å². The van der Waals surface area contributed by atoms with Crippen molar-refractivity contribution < 1.29 is 4.74 Å². The van der Waals surface area contributed by atoms with Gasteiger partial charge in [-0.15, -0.1) is 0 Å². The molecular weight excluding hydrogens is 246 g/mol. The summed E-state index contributed by atoms with van der Waals surface area (Å²) in [5.74, 6) is 1.51. The molecule has 0 radical (unpaired) electrons. The van der Waals surface area contributed by atoms with Gasteiger partial charge >= 0.3 is 0 Å². The fraction of sp³-hybridized carbons (Fsp3) is 0.333. The topological polar surface area (TPSA) is 21.3 Å². The summed E-state index contributed by atoms with van der Waals surface area (Å²) in [6.07, 6.45) is 4.05. The molecule has 1 saturated carbocycles. The van der Waals surface area contributed by atoms with Gasteiger partial charge in [0.15, 0.2) is 0 Å². The largest absolute Gasteiger partial charge is 0.490 e. The minimum absolute atomic E-state index is 0.473. The van der Waals surface area contributed by atoms with Gasteiger partial charge in [0.05, 0.1) is 6.10 Å². The molecule has 2 aliphatic rings. The van der Waals surface area contributed by atoms with Crippen molar-refractivity contribution in [2.24, 2.45) is 0 Å². The first-order valence-corrected chi connectivity index (χ1v) is 7.49. The smallest absolute Gasteiger partial charge is 0.119 e. The van der Waals surface area contributed by atoms with Crippen molar-refractivity contribution >= 4 is 5.69 Å². The Morgan fingerprint density at radius 1 is 0.900 bits per heavy atom. The van der Waals surface area contributed by atoms with Crippen LogP contribution in [0.25, 0.3) is 0 Å². The van der Waals surface area contributed by atoms with Gasteiger partial charge in [-0.3, -0.25) is 0 Å². The summed E-state index contributed by atoms with van der Waals surface area (Å²) in [6.45, 7) is 1.04. The third kappa shape index (κ3) is 2.26. The van der Waals surface area contributed by atoms with Crippen LogP contribution in [0.2, 0.25) is 0 Å². The fourth-order valence-electron chi connectivity index (χ4n) is 2.97. The minimum atomic E-state index is 0.473. The lowest BCUT2D eigenvalue weighted by Gasteiger charge is -2.27. The summed E-state index contributed by atoms with van der Waals surface area (Å²) in [6, 6.07) is 17.3. The molecule has 1 atom stereocenters. The highest BCUT2D eigenvalue weighted by Gasteiger charge is 2.24. The van der Waals surface area contributed by atoms with Crippen LogP contribution in [-0.4, -0.2) is 12.6 Å². The predicted octanol–water partition coefficient (Wildman–Crippen LogP) is 4.18. The average Bonchev–Trinajstić information content (AvgIpc) is 3.32. The fourth-order valence-corrected chi connectivity index (χ4v) is 2.97. The van der Waals surface area contributed by atoms with E-state index in [0.29, 0.717) is 12.0 Å². The standard InChI is InChI=1S/C18H19NO/c1-2-4-18-17(3-1)16(11-12-19-18)13-5-7-14(8-6-13)20-15-9-10-15/h1-8,15-16,19H,9-12H2. The van der Waals surface area contributed by atoms with Gasteiger partial charge in [0.25, 0.3) is 0 Å². The van der Waals surface area contributed by atoms with Crippen LogP contribution in [-0.2, 0) is 0 Å². The summed E-state index contributed by atoms with van der Waals surface area (Å²) in [5, 5.41) is 3.48. The Bertz CT molecular complexity index is 601. The number of ether oxygens (including phenoxy) is 1. The van der Waals surface area contributed by atoms with Gasteiger partial charge in [0, 0.05) is 18.2 Å². The first-order valence-electron chi connectivity index (χ1n) is 7.49. The van der Waals surface area contributed by atoms with Crippen LogP contribution in [0, 0.1) is 0 Å². The van der Waals surface area contributed by atoms with E-state index in [1.807, 2.05) is 0 Å². The predicted molar refractivity (Wildman–Crippen MR) is 81.5 cm³/mol. The third-order valence-electron chi connectivity index (χ3n) is 4.19. The summed E-state index contributed by atoms with van der Waals surface area (Å²) in [5.41, 5.74) is 4.08. The van der Waals surface area contributed by atoms with Crippen molar-refractivity contribution in [3.63, 3.8) is 0 Å². The average molecular weight is 265 g/mol. The van der Waals surface area contributed by atoms with Gasteiger partial charge in [0.1, 0.15) is 5.75 Å². The molecule has 2 aromatic carbocycles. The molecule has 1 fully saturated rings. The zero-order valence-electron chi connectivity index (χ0n) is 11.5. The lowest BCUT2D eigenvalue weighted by molar-refractivity contribution is 0.303. The number of rotatable bonds is 3. The van der Waals surface area contributed by atoms with E-state index in [9.17, 15) is 0 Å². The van der Waals surface area contributed by atoms with E-state index in [4.69, 9.17) is 4.74 Å². The lowest BCUT2D eigenvalue weighted by atomic mass is 9.85. The molecule has 1 N–H and O–H groups in total. The zero-order valence-corrected chi connectivity index (χ0v) is 11.5. The Labute approximate surface area is 119 Å². The molecule has 1 unspecified atom stereocenters. The van der Waals surface area contributed by atoms with E-state index in [0.717, 1.165) is 18.7 Å². The highest BCUT2D eigenvalue weighted by Crippen LogP contribution is 2.37. The quantitative estimate of drug-likeness (QED) is 0.899. The van der Waals surface area contributed by atoms with Crippen molar-refractivity contribution in [1.29, 1.82) is 0 Å². The molecule has 20 heavy (non-hydrogen) atoms. The Morgan fingerprint density at radius 2 is 1.70 bits per heavy atom. The van der Waals surface area contributed by atoms with E-state index in [-0.39, 0.29) is 0 Å². The third-order valence-corrected chi connectivity index (χ3v) is 4.19. The Morgan fingerprint density at radius 3 is 2.50 bits per heavy atom. The minimum Gasteiger partial charge on any atom is -0.490 e. The van der Waals surface area contributed by atoms with Gasteiger partial charge < -0.3 is 10.1 Å². The van der Waals surface area contributed by atoms with Crippen LogP contribution >= 0.6 is 0 Å². The van der Waals surface area contributed by atoms with Crippen LogP contribution in [0.15, 0.2) is 48.5 Å². The Kier molecular flexibility index (Phi) is 2.87. The summed E-state index contributed by atoms with van der Waals surface area (Å²) in [4.78, 5) is 0. The number of hydrogen-bond acceptors (Lipinski definition) is 2. The van der Waals surface area contributed by atoms with Crippen LogP contribution < -0.4 is 10.1 Å². The molecule has 0 saturated heterocycles. The monoisotopic (exact) mass is 265 g/mol. The van der Waals surface area contributed by atoms with Crippen LogP contribution in [0.3, 0.4) is 0 Å².